The second kappa shape index (κ2) is 12.5. The van der Waals surface area contributed by atoms with Crippen LogP contribution in [0.4, 0.5) is 4.79 Å². The molecule has 0 spiro atoms. The monoisotopic (exact) mass is 502 g/mol. The predicted octanol–water partition coefficient (Wildman–Crippen LogP) is 1.90. The van der Waals surface area contributed by atoms with Crippen molar-refractivity contribution in [1.82, 2.24) is 20.3 Å². The van der Waals surface area contributed by atoms with Crippen LogP contribution in [0.15, 0.2) is 24.4 Å². The van der Waals surface area contributed by atoms with E-state index in [-0.39, 0.29) is 36.2 Å². The third-order valence-electron chi connectivity index (χ3n) is 5.24. The molecule has 1 aliphatic rings. The number of fused-ring (bicyclic) bond motifs is 1. The van der Waals surface area contributed by atoms with Crippen LogP contribution in [0.1, 0.15) is 55.7 Å². The largest absolute Gasteiger partial charge is 0.535 e. The van der Waals surface area contributed by atoms with E-state index in [1.165, 1.54) is 10.7 Å². The molecule has 1 atom stereocenters. The molecule has 2 heterocycles. The number of hydrogen-bond acceptors (Lipinski definition) is 11. The van der Waals surface area contributed by atoms with Crippen molar-refractivity contribution in [2.45, 2.75) is 71.6 Å². The molecule has 0 unspecified atom stereocenters. The molecule has 194 valence electrons. The maximum atomic E-state index is 12.6. The third kappa shape index (κ3) is 7.78. The van der Waals surface area contributed by atoms with E-state index in [4.69, 9.17) is 18.9 Å². The number of ketones is 1. The molecule has 0 aliphatic carbocycles. The molecule has 12 nitrogen and oxygen atoms in total. The highest BCUT2D eigenvalue weighted by Crippen LogP contribution is 2.36. The molecule has 0 amide bonds. The molecule has 2 N–H and O–H groups in total. The Labute approximate surface area is 209 Å². The molecule has 0 bridgehead atoms. The highest BCUT2D eigenvalue weighted by Gasteiger charge is 2.38. The molecule has 0 saturated heterocycles. The summed E-state index contributed by atoms with van der Waals surface area (Å²) in [7, 11) is -1.30. The fourth-order valence-corrected chi connectivity index (χ4v) is 3.60. The lowest BCUT2D eigenvalue weighted by atomic mass is 9.64. The first-order valence-electron chi connectivity index (χ1n) is 11.7. The quantitative estimate of drug-likeness (QED) is 0.263. The molecule has 0 fully saturated rings. The number of aromatic nitrogens is 3. The molecule has 1 aliphatic heterocycles. The minimum atomic E-state index is -1.30. The molecular formula is C23H31BN4O8. The Morgan fingerprint density at radius 1 is 1.25 bits per heavy atom. The molecule has 3 rings (SSSR count). The second-order valence-electron chi connectivity index (χ2n) is 9.06. The number of esters is 1. The Balaban J connectivity index is 1.55. The molecular weight excluding hydrogens is 471 g/mol. The van der Waals surface area contributed by atoms with Crippen molar-refractivity contribution in [1.29, 1.82) is 0 Å². The zero-order valence-corrected chi connectivity index (χ0v) is 20.8. The Morgan fingerprint density at radius 3 is 2.75 bits per heavy atom. The van der Waals surface area contributed by atoms with Crippen LogP contribution in [0.25, 0.3) is 0 Å². The van der Waals surface area contributed by atoms with Crippen LogP contribution in [0.5, 0.6) is 5.75 Å². The van der Waals surface area contributed by atoms with E-state index >= 15 is 0 Å². The van der Waals surface area contributed by atoms with Crippen molar-refractivity contribution in [3.8, 4) is 5.75 Å². The maximum absolute atomic E-state index is 12.6. The highest BCUT2D eigenvalue weighted by molar-refractivity contribution is 6.47. The van der Waals surface area contributed by atoms with Crippen molar-refractivity contribution in [2.75, 3.05) is 6.79 Å². The van der Waals surface area contributed by atoms with E-state index in [9.17, 15) is 19.4 Å². The van der Waals surface area contributed by atoms with E-state index in [1.807, 2.05) is 13.8 Å². The van der Waals surface area contributed by atoms with Crippen LogP contribution in [-0.2, 0) is 38.5 Å². The molecule has 13 heteroatoms. The van der Waals surface area contributed by atoms with Gasteiger partial charge in [0.2, 0.25) is 6.79 Å². The lowest BCUT2D eigenvalue weighted by molar-refractivity contribution is -0.120. The maximum Gasteiger partial charge on any atom is 0.526 e. The van der Waals surface area contributed by atoms with Gasteiger partial charge in [-0.2, -0.15) is 0 Å². The summed E-state index contributed by atoms with van der Waals surface area (Å²) in [6.07, 6.45) is 0.758. The van der Waals surface area contributed by atoms with Crippen molar-refractivity contribution < 1.29 is 38.3 Å². The minimum absolute atomic E-state index is 0.0242. The average molecular weight is 502 g/mol. The number of carbonyl (C=O) groups is 3. The lowest BCUT2D eigenvalue weighted by Crippen LogP contribution is -2.36. The van der Waals surface area contributed by atoms with Gasteiger partial charge in [-0.05, 0) is 31.9 Å². The van der Waals surface area contributed by atoms with E-state index in [0.29, 0.717) is 24.6 Å². The molecule has 1 aromatic carbocycles. The first-order valence-corrected chi connectivity index (χ1v) is 11.7. The molecule has 2 aromatic rings. The zero-order chi connectivity index (χ0) is 26.2. The van der Waals surface area contributed by atoms with Crippen LogP contribution < -0.4 is 9.97 Å². The van der Waals surface area contributed by atoms with Gasteiger partial charge in [-0.1, -0.05) is 31.2 Å². The van der Waals surface area contributed by atoms with Crippen LogP contribution in [-0.4, -0.2) is 64.0 Å². The number of nitrogens with zero attached hydrogens (tertiary/aromatic N) is 3. The molecule has 0 saturated carbocycles. The summed E-state index contributed by atoms with van der Waals surface area (Å²) in [4.78, 5) is 36.5. The Hall–Kier alpha value is -3.45. The van der Waals surface area contributed by atoms with Crippen molar-refractivity contribution in [2.24, 2.45) is 0 Å². The number of nitrogens with one attached hydrogen (secondary N) is 1. The summed E-state index contributed by atoms with van der Waals surface area (Å²) in [5.41, 5.74) is 1.45. The predicted molar refractivity (Wildman–Crippen MR) is 127 cm³/mol. The topological polar surface area (TPSA) is 151 Å². The van der Waals surface area contributed by atoms with Gasteiger partial charge in [0, 0.05) is 24.8 Å². The highest BCUT2D eigenvalue weighted by atomic mass is 16.8. The van der Waals surface area contributed by atoms with Gasteiger partial charge in [-0.15, -0.1) is 5.10 Å². The number of hydrogen-bond donors (Lipinski definition) is 2. The van der Waals surface area contributed by atoms with Crippen LogP contribution in [0.3, 0.4) is 0 Å². The van der Waals surface area contributed by atoms with E-state index in [2.05, 4.69) is 15.6 Å². The average Bonchev–Trinajstić information content (AvgIpc) is 3.24. The third-order valence-corrected chi connectivity index (χ3v) is 5.24. The number of carbonyl (C=O) groups excluding carboxylic acids is 3. The van der Waals surface area contributed by atoms with Crippen LogP contribution in [0, 0.1) is 0 Å². The molecule has 0 radical (unpaired) electrons. The first-order chi connectivity index (χ1) is 17.1. The van der Waals surface area contributed by atoms with Gasteiger partial charge >= 0.3 is 19.2 Å². The number of ether oxygens (including phenoxy) is 3. The van der Waals surface area contributed by atoms with Crippen molar-refractivity contribution in [3.63, 3.8) is 0 Å². The molecule has 36 heavy (non-hydrogen) atoms. The van der Waals surface area contributed by atoms with Gasteiger partial charge in [0.05, 0.1) is 18.0 Å². The van der Waals surface area contributed by atoms with Crippen LogP contribution in [0.2, 0.25) is 5.82 Å². The number of para-hydroxylation sites is 1. The Kier molecular flexibility index (Phi) is 9.42. The second-order valence-corrected chi connectivity index (χ2v) is 9.06. The van der Waals surface area contributed by atoms with E-state index in [1.54, 1.807) is 32.2 Å². The van der Waals surface area contributed by atoms with Crippen LogP contribution >= 0.6 is 0 Å². The molecule has 1 aromatic heterocycles. The number of rotatable bonds is 11. The summed E-state index contributed by atoms with van der Waals surface area (Å²) in [6, 6.07) is 5.17. The summed E-state index contributed by atoms with van der Waals surface area (Å²) in [5.74, 6) is -1.27. The summed E-state index contributed by atoms with van der Waals surface area (Å²) in [6.45, 7) is 7.31. The first kappa shape index (κ1) is 27.1. The standard InChI is InChI=1S/C23H31BN4O8/c1-14(2)25-10-18-11-28(27-26-18)12-19(29)9-17-8-16-6-5-7-20(21(16)36-24(17)32)22(30)33-13-34-23(31)35-15(3)4/h5-7,11,14-15,17,25,32H,8-10,12-13H2,1-4H3/t17-/m1/s1. The normalized spacial score (nSPS) is 14.9. The minimum Gasteiger partial charge on any atom is -0.535 e. The smallest absolute Gasteiger partial charge is 0.526 e. The van der Waals surface area contributed by atoms with Gasteiger partial charge in [0.15, 0.2) is 5.78 Å². The van der Waals surface area contributed by atoms with Crippen molar-refractivity contribution in [3.05, 3.63) is 41.2 Å². The fraction of sp³-hybridized carbons (Fsp3) is 0.522. The summed E-state index contributed by atoms with van der Waals surface area (Å²) < 4.78 is 21.5. The Bertz CT molecular complexity index is 1070. The lowest BCUT2D eigenvalue weighted by Gasteiger charge is -2.28. The van der Waals surface area contributed by atoms with Crippen molar-refractivity contribution >= 4 is 25.0 Å². The van der Waals surface area contributed by atoms with Gasteiger partial charge in [0.25, 0.3) is 0 Å². The Morgan fingerprint density at radius 2 is 2.03 bits per heavy atom. The van der Waals surface area contributed by atoms with E-state index < -0.39 is 31.9 Å². The summed E-state index contributed by atoms with van der Waals surface area (Å²) >= 11 is 0. The van der Waals surface area contributed by atoms with Gasteiger partial charge < -0.3 is 29.2 Å². The number of Topliss-reactive ketones (excluding diaryl/α,β-unsaturated/α-hetero) is 1. The van der Waals surface area contributed by atoms with E-state index in [0.717, 1.165) is 5.69 Å². The van der Waals surface area contributed by atoms with Gasteiger partial charge in [0.1, 0.15) is 17.9 Å². The zero-order valence-electron chi connectivity index (χ0n) is 20.8. The SMILES string of the molecule is CC(C)NCc1cn(CC(=O)C[C@H]2Cc3cccc(C(=O)OCOC(=O)OC(C)C)c3OB2O)nn1. The van der Waals surface area contributed by atoms with Gasteiger partial charge in [-0.25, -0.2) is 14.3 Å². The fourth-order valence-electron chi connectivity index (χ4n) is 3.60. The number of benzene rings is 1. The van der Waals surface area contributed by atoms with Gasteiger partial charge in [-0.3, -0.25) is 4.79 Å². The summed E-state index contributed by atoms with van der Waals surface area (Å²) in [5, 5.41) is 21.8.